The number of thioether (sulfide) groups is 1. The molecular formula is C18H18N2O3S. The molecule has 0 saturated heterocycles. The van der Waals surface area contributed by atoms with Crippen LogP contribution in [0.25, 0.3) is 0 Å². The Labute approximate surface area is 145 Å². The van der Waals surface area contributed by atoms with Gasteiger partial charge in [0.05, 0.1) is 18.7 Å². The first kappa shape index (κ1) is 16.4. The summed E-state index contributed by atoms with van der Waals surface area (Å²) in [5.74, 6) is 0.269. The van der Waals surface area contributed by atoms with Crippen molar-refractivity contribution in [2.45, 2.75) is 11.3 Å². The van der Waals surface area contributed by atoms with Gasteiger partial charge in [0.2, 0.25) is 11.8 Å². The summed E-state index contributed by atoms with van der Waals surface area (Å²) in [6, 6.07) is 14.9. The van der Waals surface area contributed by atoms with E-state index in [1.165, 1.54) is 4.90 Å². The Balaban J connectivity index is 1.73. The summed E-state index contributed by atoms with van der Waals surface area (Å²) in [5.41, 5.74) is 1.34. The highest BCUT2D eigenvalue weighted by molar-refractivity contribution is 7.98. The first-order valence-corrected chi connectivity index (χ1v) is 8.86. The SMILES string of the molecule is CSc1ccc(NC(=O)CN2C(=O)CCOc3ccccc32)cc1. The second-order valence-electron chi connectivity index (χ2n) is 5.32. The summed E-state index contributed by atoms with van der Waals surface area (Å²) in [6.45, 7) is 0.285. The summed E-state index contributed by atoms with van der Waals surface area (Å²) < 4.78 is 5.58. The largest absolute Gasteiger partial charge is 0.491 e. The molecule has 0 bridgehead atoms. The minimum atomic E-state index is -0.239. The highest BCUT2D eigenvalue weighted by Crippen LogP contribution is 2.30. The number of rotatable bonds is 4. The van der Waals surface area contributed by atoms with Crippen LogP contribution in [0.5, 0.6) is 5.75 Å². The van der Waals surface area contributed by atoms with E-state index in [1.54, 1.807) is 23.9 Å². The van der Waals surface area contributed by atoms with Gasteiger partial charge in [0.1, 0.15) is 12.3 Å². The molecule has 0 atom stereocenters. The number of hydrogen-bond donors (Lipinski definition) is 1. The third-order valence-electron chi connectivity index (χ3n) is 3.71. The van der Waals surface area contributed by atoms with Crippen LogP contribution in [-0.2, 0) is 9.59 Å². The Morgan fingerprint density at radius 1 is 1.21 bits per heavy atom. The Morgan fingerprint density at radius 2 is 1.96 bits per heavy atom. The molecule has 6 heteroatoms. The van der Waals surface area contributed by atoms with E-state index in [-0.39, 0.29) is 24.8 Å². The monoisotopic (exact) mass is 342 g/mol. The van der Waals surface area contributed by atoms with Gasteiger partial charge in [-0.1, -0.05) is 12.1 Å². The van der Waals surface area contributed by atoms with Gasteiger partial charge in [-0.2, -0.15) is 0 Å². The number of carbonyl (C=O) groups excluding carboxylic acids is 2. The van der Waals surface area contributed by atoms with E-state index in [0.29, 0.717) is 23.7 Å². The van der Waals surface area contributed by atoms with E-state index in [0.717, 1.165) is 4.90 Å². The van der Waals surface area contributed by atoms with Crippen LogP contribution in [0.15, 0.2) is 53.4 Å². The van der Waals surface area contributed by atoms with Crippen molar-refractivity contribution in [3.05, 3.63) is 48.5 Å². The third kappa shape index (κ3) is 3.71. The van der Waals surface area contributed by atoms with Gasteiger partial charge in [-0.25, -0.2) is 0 Å². The van der Waals surface area contributed by atoms with E-state index >= 15 is 0 Å². The smallest absolute Gasteiger partial charge is 0.244 e. The van der Waals surface area contributed by atoms with E-state index in [9.17, 15) is 9.59 Å². The van der Waals surface area contributed by atoms with E-state index in [1.807, 2.05) is 42.7 Å². The molecule has 0 unspecified atom stereocenters. The average Bonchev–Trinajstić information content (AvgIpc) is 2.75. The van der Waals surface area contributed by atoms with Crippen molar-refractivity contribution in [2.24, 2.45) is 0 Å². The molecule has 0 radical (unpaired) electrons. The molecule has 2 aromatic carbocycles. The van der Waals surface area contributed by atoms with Gasteiger partial charge >= 0.3 is 0 Å². The lowest BCUT2D eigenvalue weighted by molar-refractivity contribution is -0.121. The minimum absolute atomic E-state index is 0.0382. The molecule has 0 fully saturated rings. The number of fused-ring (bicyclic) bond motifs is 1. The number of hydrogen-bond acceptors (Lipinski definition) is 4. The number of para-hydroxylation sites is 2. The molecule has 1 heterocycles. The molecule has 24 heavy (non-hydrogen) atoms. The number of benzene rings is 2. The average molecular weight is 342 g/mol. The lowest BCUT2D eigenvalue weighted by Gasteiger charge is -2.21. The predicted octanol–water partition coefficient (Wildman–Crippen LogP) is 3.16. The zero-order chi connectivity index (χ0) is 16.9. The molecule has 0 saturated carbocycles. The Kier molecular flexibility index (Phi) is 5.05. The van der Waals surface area contributed by atoms with Gasteiger partial charge in [0.25, 0.3) is 0 Å². The molecule has 5 nitrogen and oxygen atoms in total. The van der Waals surface area contributed by atoms with Crippen molar-refractivity contribution >= 4 is 35.0 Å². The molecule has 0 spiro atoms. The number of nitrogens with zero attached hydrogens (tertiary/aromatic N) is 1. The highest BCUT2D eigenvalue weighted by atomic mass is 32.2. The first-order valence-electron chi connectivity index (χ1n) is 7.63. The predicted molar refractivity (Wildman–Crippen MR) is 95.8 cm³/mol. The molecular weight excluding hydrogens is 324 g/mol. The topological polar surface area (TPSA) is 58.6 Å². The molecule has 2 amide bonds. The standard InChI is InChI=1S/C18H18N2O3S/c1-24-14-8-6-13(7-9-14)19-17(21)12-20-15-4-2-3-5-16(15)23-11-10-18(20)22/h2-9H,10-12H2,1H3,(H,19,21). The van der Waals surface area contributed by atoms with Crippen LogP contribution in [0.2, 0.25) is 0 Å². The second-order valence-corrected chi connectivity index (χ2v) is 6.20. The van der Waals surface area contributed by atoms with Crippen LogP contribution in [0, 0.1) is 0 Å². The number of ether oxygens (including phenoxy) is 1. The van der Waals surface area contributed by atoms with Gasteiger partial charge < -0.3 is 10.1 Å². The van der Waals surface area contributed by atoms with E-state index in [4.69, 9.17) is 4.74 Å². The van der Waals surface area contributed by atoms with Crippen molar-refractivity contribution < 1.29 is 14.3 Å². The van der Waals surface area contributed by atoms with Crippen LogP contribution in [-0.4, -0.2) is 31.2 Å². The maximum Gasteiger partial charge on any atom is 0.244 e. The summed E-state index contributed by atoms with van der Waals surface area (Å²) in [5, 5.41) is 2.83. The van der Waals surface area contributed by atoms with Gasteiger partial charge in [-0.05, 0) is 42.7 Å². The molecule has 124 valence electrons. The molecule has 3 rings (SSSR count). The van der Waals surface area contributed by atoms with E-state index < -0.39 is 0 Å². The van der Waals surface area contributed by atoms with Gasteiger partial charge in [-0.3, -0.25) is 14.5 Å². The maximum absolute atomic E-state index is 12.4. The third-order valence-corrected chi connectivity index (χ3v) is 4.45. The minimum Gasteiger partial charge on any atom is -0.491 e. The fraction of sp³-hybridized carbons (Fsp3) is 0.222. The van der Waals surface area contributed by atoms with Crippen LogP contribution in [0.3, 0.4) is 0 Å². The molecule has 1 aliphatic rings. The maximum atomic E-state index is 12.4. The Bertz CT molecular complexity index is 746. The van der Waals surface area contributed by atoms with Crippen molar-refractivity contribution in [1.29, 1.82) is 0 Å². The Morgan fingerprint density at radius 3 is 2.71 bits per heavy atom. The summed E-state index contributed by atoms with van der Waals surface area (Å²) in [6.07, 6.45) is 2.25. The number of carbonyl (C=O) groups is 2. The van der Waals surface area contributed by atoms with Crippen molar-refractivity contribution in [3.63, 3.8) is 0 Å². The quantitative estimate of drug-likeness (QED) is 0.867. The van der Waals surface area contributed by atoms with Gasteiger partial charge in [0.15, 0.2) is 0 Å². The lowest BCUT2D eigenvalue weighted by atomic mass is 10.2. The Hall–Kier alpha value is -2.47. The van der Waals surface area contributed by atoms with Crippen molar-refractivity contribution in [2.75, 3.05) is 29.6 Å². The fourth-order valence-corrected chi connectivity index (χ4v) is 2.92. The van der Waals surface area contributed by atoms with Gasteiger partial charge in [0, 0.05) is 10.6 Å². The van der Waals surface area contributed by atoms with Crippen LogP contribution in [0.4, 0.5) is 11.4 Å². The number of nitrogens with one attached hydrogen (secondary N) is 1. The molecule has 1 aliphatic heterocycles. The number of amides is 2. The van der Waals surface area contributed by atoms with Crippen LogP contribution < -0.4 is 15.0 Å². The molecule has 0 aromatic heterocycles. The highest BCUT2D eigenvalue weighted by Gasteiger charge is 2.24. The zero-order valence-corrected chi connectivity index (χ0v) is 14.1. The zero-order valence-electron chi connectivity index (χ0n) is 13.3. The van der Waals surface area contributed by atoms with Crippen LogP contribution in [0.1, 0.15) is 6.42 Å². The fourth-order valence-electron chi connectivity index (χ4n) is 2.51. The van der Waals surface area contributed by atoms with Gasteiger partial charge in [-0.15, -0.1) is 11.8 Å². The van der Waals surface area contributed by atoms with Crippen LogP contribution >= 0.6 is 11.8 Å². The normalized spacial score (nSPS) is 13.7. The molecule has 2 aromatic rings. The first-order chi connectivity index (χ1) is 11.7. The molecule has 1 N–H and O–H groups in total. The van der Waals surface area contributed by atoms with E-state index in [2.05, 4.69) is 5.32 Å². The second kappa shape index (κ2) is 7.40. The summed E-state index contributed by atoms with van der Waals surface area (Å²) >= 11 is 1.64. The summed E-state index contributed by atoms with van der Waals surface area (Å²) in [4.78, 5) is 27.3. The molecule has 0 aliphatic carbocycles. The van der Waals surface area contributed by atoms with Crippen molar-refractivity contribution in [1.82, 2.24) is 0 Å². The van der Waals surface area contributed by atoms with Crippen molar-refractivity contribution in [3.8, 4) is 5.75 Å². The number of anilines is 2. The summed E-state index contributed by atoms with van der Waals surface area (Å²) in [7, 11) is 0. The lowest BCUT2D eigenvalue weighted by Crippen LogP contribution is -2.37.